The van der Waals surface area contributed by atoms with Crippen molar-refractivity contribution in [2.45, 2.75) is 39.7 Å². The van der Waals surface area contributed by atoms with Gasteiger partial charge in [0.25, 0.3) is 5.91 Å². The van der Waals surface area contributed by atoms with Crippen LogP contribution in [-0.4, -0.2) is 18.6 Å². The standard InChI is InChI=1S/C14H21NO2/c1-10(2)12-6-5-7-13(8-12)17-9-14(16)15-11(3)4/h5-8,10-11H,9H2,1-4H3,(H,15,16). The lowest BCUT2D eigenvalue weighted by Gasteiger charge is -2.11. The van der Waals surface area contributed by atoms with E-state index in [1.165, 1.54) is 5.56 Å². The van der Waals surface area contributed by atoms with Crippen LogP contribution in [0.3, 0.4) is 0 Å². The smallest absolute Gasteiger partial charge is 0.258 e. The fourth-order valence-corrected chi connectivity index (χ4v) is 1.48. The topological polar surface area (TPSA) is 38.3 Å². The summed E-state index contributed by atoms with van der Waals surface area (Å²) in [4.78, 5) is 11.4. The van der Waals surface area contributed by atoms with E-state index in [0.717, 1.165) is 5.75 Å². The van der Waals surface area contributed by atoms with E-state index in [1.54, 1.807) is 0 Å². The molecule has 0 fully saturated rings. The summed E-state index contributed by atoms with van der Waals surface area (Å²) < 4.78 is 5.45. The highest BCUT2D eigenvalue weighted by molar-refractivity contribution is 5.77. The first-order chi connectivity index (χ1) is 7.99. The van der Waals surface area contributed by atoms with E-state index in [1.807, 2.05) is 32.0 Å². The Hall–Kier alpha value is -1.51. The van der Waals surface area contributed by atoms with Gasteiger partial charge in [-0.3, -0.25) is 4.79 Å². The second kappa shape index (κ2) is 6.28. The van der Waals surface area contributed by atoms with Crippen LogP contribution in [0.1, 0.15) is 39.2 Å². The molecule has 0 heterocycles. The molecule has 17 heavy (non-hydrogen) atoms. The predicted octanol–water partition coefficient (Wildman–Crippen LogP) is 2.71. The number of hydrogen-bond donors (Lipinski definition) is 1. The number of benzene rings is 1. The minimum Gasteiger partial charge on any atom is -0.484 e. The molecule has 0 bridgehead atoms. The van der Waals surface area contributed by atoms with Crippen molar-refractivity contribution < 1.29 is 9.53 Å². The van der Waals surface area contributed by atoms with Crippen LogP contribution in [-0.2, 0) is 4.79 Å². The summed E-state index contributed by atoms with van der Waals surface area (Å²) >= 11 is 0. The fraction of sp³-hybridized carbons (Fsp3) is 0.500. The summed E-state index contributed by atoms with van der Waals surface area (Å²) in [5, 5.41) is 2.79. The molecule has 0 unspecified atom stereocenters. The van der Waals surface area contributed by atoms with Crippen molar-refractivity contribution in [2.24, 2.45) is 0 Å². The molecule has 0 saturated heterocycles. The zero-order valence-electron chi connectivity index (χ0n) is 11.0. The summed E-state index contributed by atoms with van der Waals surface area (Å²) in [7, 11) is 0. The van der Waals surface area contributed by atoms with Crippen LogP contribution in [0.5, 0.6) is 5.75 Å². The van der Waals surface area contributed by atoms with Gasteiger partial charge in [-0.05, 0) is 37.5 Å². The number of nitrogens with one attached hydrogen (secondary N) is 1. The van der Waals surface area contributed by atoms with Gasteiger partial charge in [0, 0.05) is 6.04 Å². The van der Waals surface area contributed by atoms with Crippen molar-refractivity contribution in [1.82, 2.24) is 5.32 Å². The molecule has 1 rings (SSSR count). The Balaban J connectivity index is 2.52. The Morgan fingerprint density at radius 3 is 2.59 bits per heavy atom. The Morgan fingerprint density at radius 2 is 2.00 bits per heavy atom. The van der Waals surface area contributed by atoms with Crippen LogP contribution in [0.25, 0.3) is 0 Å². The monoisotopic (exact) mass is 235 g/mol. The number of rotatable bonds is 5. The SMILES string of the molecule is CC(C)NC(=O)COc1cccc(C(C)C)c1. The average molecular weight is 235 g/mol. The van der Waals surface area contributed by atoms with Crippen LogP contribution in [0.15, 0.2) is 24.3 Å². The largest absolute Gasteiger partial charge is 0.484 e. The average Bonchev–Trinajstić information content (AvgIpc) is 2.26. The third kappa shape index (κ3) is 4.89. The van der Waals surface area contributed by atoms with Crippen molar-refractivity contribution in [3.05, 3.63) is 29.8 Å². The number of carbonyl (C=O) groups excluding carboxylic acids is 1. The third-order valence-corrected chi connectivity index (χ3v) is 2.34. The molecule has 0 atom stereocenters. The van der Waals surface area contributed by atoms with Crippen LogP contribution in [0, 0.1) is 0 Å². The minimum atomic E-state index is -0.0880. The number of ether oxygens (including phenoxy) is 1. The zero-order valence-corrected chi connectivity index (χ0v) is 11.0. The van der Waals surface area contributed by atoms with Gasteiger partial charge in [0.05, 0.1) is 0 Å². The molecule has 1 aromatic rings. The molecule has 1 aromatic carbocycles. The van der Waals surface area contributed by atoms with Crippen molar-refractivity contribution in [3.8, 4) is 5.75 Å². The molecule has 0 aromatic heterocycles. The van der Waals surface area contributed by atoms with Gasteiger partial charge >= 0.3 is 0 Å². The van der Waals surface area contributed by atoms with Gasteiger partial charge < -0.3 is 10.1 Å². The van der Waals surface area contributed by atoms with Gasteiger partial charge in [0.15, 0.2) is 6.61 Å². The third-order valence-electron chi connectivity index (χ3n) is 2.34. The minimum absolute atomic E-state index is 0.0692. The molecular formula is C14H21NO2. The maximum Gasteiger partial charge on any atom is 0.258 e. The molecule has 1 amide bonds. The van der Waals surface area contributed by atoms with Crippen molar-refractivity contribution in [3.63, 3.8) is 0 Å². The number of amides is 1. The summed E-state index contributed by atoms with van der Waals surface area (Å²) in [5.74, 6) is 1.12. The fourth-order valence-electron chi connectivity index (χ4n) is 1.48. The van der Waals surface area contributed by atoms with E-state index in [4.69, 9.17) is 4.74 Å². The molecule has 0 saturated carbocycles. The maximum absolute atomic E-state index is 11.4. The van der Waals surface area contributed by atoms with Crippen molar-refractivity contribution in [1.29, 1.82) is 0 Å². The van der Waals surface area contributed by atoms with Crippen LogP contribution in [0.4, 0.5) is 0 Å². The Morgan fingerprint density at radius 1 is 1.29 bits per heavy atom. The second-order valence-electron chi connectivity index (χ2n) is 4.74. The first-order valence-electron chi connectivity index (χ1n) is 6.01. The molecule has 0 radical (unpaired) electrons. The molecule has 1 N–H and O–H groups in total. The van der Waals surface area contributed by atoms with Gasteiger partial charge in [-0.15, -0.1) is 0 Å². The summed E-state index contributed by atoms with van der Waals surface area (Å²) in [6.07, 6.45) is 0. The van der Waals surface area contributed by atoms with Crippen LogP contribution in [0.2, 0.25) is 0 Å². The van der Waals surface area contributed by atoms with Gasteiger partial charge in [0.2, 0.25) is 0 Å². The second-order valence-corrected chi connectivity index (χ2v) is 4.74. The van der Waals surface area contributed by atoms with Crippen LogP contribution >= 0.6 is 0 Å². The molecule has 0 aliphatic rings. The molecule has 0 spiro atoms. The van der Waals surface area contributed by atoms with Gasteiger partial charge in [-0.25, -0.2) is 0 Å². The van der Waals surface area contributed by atoms with E-state index < -0.39 is 0 Å². The molecule has 0 aliphatic heterocycles. The Labute approximate surface area is 103 Å². The lowest BCUT2D eigenvalue weighted by Crippen LogP contribution is -2.34. The Kier molecular flexibility index (Phi) is 5.01. The molecular weight excluding hydrogens is 214 g/mol. The summed E-state index contributed by atoms with van der Waals surface area (Å²) in [6.45, 7) is 8.18. The predicted molar refractivity (Wildman–Crippen MR) is 69.3 cm³/mol. The number of hydrogen-bond acceptors (Lipinski definition) is 2. The highest BCUT2D eigenvalue weighted by Crippen LogP contribution is 2.19. The summed E-state index contributed by atoms with van der Waals surface area (Å²) in [6, 6.07) is 8.01. The molecule has 3 nitrogen and oxygen atoms in total. The van der Waals surface area contributed by atoms with E-state index in [-0.39, 0.29) is 18.6 Å². The van der Waals surface area contributed by atoms with Gasteiger partial charge in [-0.1, -0.05) is 26.0 Å². The highest BCUT2D eigenvalue weighted by atomic mass is 16.5. The van der Waals surface area contributed by atoms with E-state index in [9.17, 15) is 4.79 Å². The highest BCUT2D eigenvalue weighted by Gasteiger charge is 2.05. The van der Waals surface area contributed by atoms with Crippen LogP contribution < -0.4 is 10.1 Å². The quantitative estimate of drug-likeness (QED) is 0.852. The molecule has 3 heteroatoms. The van der Waals surface area contributed by atoms with E-state index in [2.05, 4.69) is 25.2 Å². The number of carbonyl (C=O) groups is 1. The van der Waals surface area contributed by atoms with E-state index >= 15 is 0 Å². The first-order valence-corrected chi connectivity index (χ1v) is 6.01. The lowest BCUT2D eigenvalue weighted by molar-refractivity contribution is -0.123. The van der Waals surface area contributed by atoms with Crippen molar-refractivity contribution >= 4 is 5.91 Å². The van der Waals surface area contributed by atoms with E-state index in [0.29, 0.717) is 5.92 Å². The molecule has 0 aliphatic carbocycles. The first kappa shape index (κ1) is 13.6. The van der Waals surface area contributed by atoms with Gasteiger partial charge in [0.1, 0.15) is 5.75 Å². The zero-order chi connectivity index (χ0) is 12.8. The van der Waals surface area contributed by atoms with Gasteiger partial charge in [-0.2, -0.15) is 0 Å². The molecule has 94 valence electrons. The normalized spacial score (nSPS) is 10.7. The lowest BCUT2D eigenvalue weighted by atomic mass is 10.0. The Bertz CT molecular complexity index is 372. The summed E-state index contributed by atoms with van der Waals surface area (Å²) in [5.41, 5.74) is 1.21. The maximum atomic E-state index is 11.4. The van der Waals surface area contributed by atoms with Crippen molar-refractivity contribution in [2.75, 3.05) is 6.61 Å².